The zero-order valence-corrected chi connectivity index (χ0v) is 16.1. The molecule has 1 aliphatic rings. The minimum Gasteiger partial charge on any atom is -0.337 e. The maximum atomic E-state index is 12.3. The third-order valence-electron chi connectivity index (χ3n) is 4.71. The summed E-state index contributed by atoms with van der Waals surface area (Å²) < 4.78 is 0. The van der Waals surface area contributed by atoms with Gasteiger partial charge in [0.25, 0.3) is 5.56 Å². The van der Waals surface area contributed by atoms with Crippen LogP contribution in [0.15, 0.2) is 4.79 Å². The van der Waals surface area contributed by atoms with Gasteiger partial charge in [0.1, 0.15) is 16.2 Å². The lowest BCUT2D eigenvalue weighted by Crippen LogP contribution is -2.54. The molecular weight excluding hydrogens is 356 g/mol. The number of thioether (sulfide) groups is 1. The minimum atomic E-state index is -0.677. The second-order valence-corrected chi connectivity index (χ2v) is 9.00. The van der Waals surface area contributed by atoms with Crippen LogP contribution in [0, 0.1) is 25.2 Å². The normalized spacial score (nSPS) is 16.9. The average molecular weight is 377 g/mol. The van der Waals surface area contributed by atoms with E-state index in [0.717, 1.165) is 34.5 Å². The van der Waals surface area contributed by atoms with E-state index in [-0.39, 0.29) is 16.7 Å². The summed E-state index contributed by atoms with van der Waals surface area (Å²) in [6.45, 7) is 5.71. The van der Waals surface area contributed by atoms with Gasteiger partial charge in [-0.3, -0.25) is 9.59 Å². The zero-order chi connectivity index (χ0) is 18.2. The van der Waals surface area contributed by atoms with E-state index in [1.54, 1.807) is 6.92 Å². The molecule has 0 spiro atoms. The number of hydrogen-bond acceptors (Lipinski definition) is 6. The third-order valence-corrected chi connectivity index (χ3v) is 6.97. The van der Waals surface area contributed by atoms with Gasteiger partial charge >= 0.3 is 0 Å². The predicted molar refractivity (Wildman–Crippen MR) is 101 cm³/mol. The molecule has 1 saturated carbocycles. The number of hydrogen-bond donors (Lipinski definition) is 2. The van der Waals surface area contributed by atoms with Crippen molar-refractivity contribution in [2.45, 2.75) is 56.6 Å². The second-order valence-electron chi connectivity index (χ2n) is 6.47. The Labute approximate surface area is 154 Å². The molecule has 6 nitrogen and oxygen atoms in total. The maximum Gasteiger partial charge on any atom is 0.259 e. The van der Waals surface area contributed by atoms with E-state index >= 15 is 0 Å². The van der Waals surface area contributed by atoms with Crippen LogP contribution in [0.25, 0.3) is 10.2 Å². The number of aromatic amines is 1. The number of thiophene rings is 1. The average Bonchev–Trinajstić information content (AvgIpc) is 2.83. The highest BCUT2D eigenvalue weighted by Gasteiger charge is 2.39. The van der Waals surface area contributed by atoms with Gasteiger partial charge < -0.3 is 10.3 Å². The second kappa shape index (κ2) is 6.81. The zero-order valence-electron chi connectivity index (χ0n) is 14.4. The fourth-order valence-electron chi connectivity index (χ4n) is 2.78. The lowest BCUT2D eigenvalue weighted by Gasteiger charge is -2.36. The van der Waals surface area contributed by atoms with E-state index in [4.69, 9.17) is 0 Å². The molecule has 2 aromatic rings. The number of nitrogens with zero attached hydrogens (tertiary/aromatic N) is 2. The molecule has 132 valence electrons. The molecule has 2 aromatic heterocycles. The van der Waals surface area contributed by atoms with E-state index in [0.29, 0.717) is 17.0 Å². The van der Waals surface area contributed by atoms with Crippen LogP contribution in [0.5, 0.6) is 0 Å². The summed E-state index contributed by atoms with van der Waals surface area (Å²) in [5.74, 6) is 0.870. The first-order valence-electron chi connectivity index (χ1n) is 8.19. The Kier molecular flexibility index (Phi) is 4.89. The Bertz CT molecular complexity index is 921. The molecular formula is C17H20N4O2S2. The summed E-state index contributed by atoms with van der Waals surface area (Å²) in [5, 5.41) is 12.4. The SMILES string of the molecule is Cc1sc2nc(CS[C@H](C)C(=O)NC3(C#N)CCC3)[nH]c(=O)c2c1C. The highest BCUT2D eigenvalue weighted by molar-refractivity contribution is 7.99. The first kappa shape index (κ1) is 18.0. The standard InChI is InChI=1S/C17H20N4O2S2/c1-9-10(2)25-16-13(9)15(23)19-12(20-16)7-24-11(3)14(22)21-17(8-18)5-4-6-17/h11H,4-7H2,1-3H3,(H,21,22)(H,19,20,23)/t11-/m1/s1. The molecule has 2 heterocycles. The van der Waals surface area contributed by atoms with Crippen molar-refractivity contribution < 1.29 is 4.79 Å². The fourth-order valence-corrected chi connectivity index (χ4v) is 4.58. The number of carbonyl (C=O) groups excluding carboxylic acids is 1. The molecule has 8 heteroatoms. The molecule has 0 saturated heterocycles. The largest absolute Gasteiger partial charge is 0.337 e. The number of rotatable bonds is 5. The number of H-pyrrole nitrogens is 1. The minimum absolute atomic E-state index is 0.127. The molecule has 0 aromatic carbocycles. The van der Waals surface area contributed by atoms with Gasteiger partial charge in [-0.15, -0.1) is 23.1 Å². The van der Waals surface area contributed by atoms with Crippen LogP contribution in [0.2, 0.25) is 0 Å². The van der Waals surface area contributed by atoms with Crippen molar-refractivity contribution >= 4 is 39.2 Å². The topological polar surface area (TPSA) is 98.6 Å². The van der Waals surface area contributed by atoms with Gasteiger partial charge in [0.2, 0.25) is 5.91 Å². The molecule has 0 radical (unpaired) electrons. The van der Waals surface area contributed by atoms with Crippen molar-refractivity contribution in [3.63, 3.8) is 0 Å². The van der Waals surface area contributed by atoms with Crippen molar-refractivity contribution in [1.82, 2.24) is 15.3 Å². The van der Waals surface area contributed by atoms with Crippen molar-refractivity contribution in [3.8, 4) is 6.07 Å². The van der Waals surface area contributed by atoms with Crippen LogP contribution >= 0.6 is 23.1 Å². The number of nitrogens with one attached hydrogen (secondary N) is 2. The van der Waals surface area contributed by atoms with Crippen molar-refractivity contribution in [2.75, 3.05) is 0 Å². The summed E-state index contributed by atoms with van der Waals surface area (Å²) >= 11 is 2.92. The van der Waals surface area contributed by atoms with E-state index in [1.807, 2.05) is 13.8 Å². The lowest BCUT2D eigenvalue weighted by atomic mass is 9.78. The highest BCUT2D eigenvalue weighted by atomic mass is 32.2. The Morgan fingerprint density at radius 3 is 2.84 bits per heavy atom. The van der Waals surface area contributed by atoms with E-state index in [2.05, 4.69) is 21.4 Å². The monoisotopic (exact) mass is 376 g/mol. The summed E-state index contributed by atoms with van der Waals surface area (Å²) in [7, 11) is 0. The van der Waals surface area contributed by atoms with Crippen LogP contribution in [0.4, 0.5) is 0 Å². The molecule has 0 unspecified atom stereocenters. The van der Waals surface area contributed by atoms with Crippen LogP contribution < -0.4 is 10.9 Å². The van der Waals surface area contributed by atoms with Crippen molar-refractivity contribution in [2.24, 2.45) is 0 Å². The smallest absolute Gasteiger partial charge is 0.259 e. The van der Waals surface area contributed by atoms with Gasteiger partial charge in [0, 0.05) is 4.88 Å². The number of aryl methyl sites for hydroxylation is 2. The Balaban J connectivity index is 1.67. The number of nitriles is 1. The molecule has 1 atom stereocenters. The molecule has 1 amide bonds. The van der Waals surface area contributed by atoms with Crippen molar-refractivity contribution in [1.29, 1.82) is 5.26 Å². The summed E-state index contributed by atoms with van der Waals surface area (Å²) in [6.07, 6.45) is 2.41. The number of fused-ring (bicyclic) bond motifs is 1. The number of amides is 1. The Hall–Kier alpha value is -1.85. The van der Waals surface area contributed by atoms with Crippen molar-refractivity contribution in [3.05, 3.63) is 26.6 Å². The number of carbonyl (C=O) groups is 1. The van der Waals surface area contributed by atoms with Gasteiger partial charge in [-0.05, 0) is 45.6 Å². The Morgan fingerprint density at radius 2 is 2.24 bits per heavy atom. The quantitative estimate of drug-likeness (QED) is 0.836. The van der Waals surface area contributed by atoms with E-state index < -0.39 is 5.54 Å². The maximum absolute atomic E-state index is 12.3. The number of aromatic nitrogens is 2. The molecule has 2 N–H and O–H groups in total. The van der Waals surface area contributed by atoms with Gasteiger partial charge in [0.05, 0.1) is 22.5 Å². The van der Waals surface area contributed by atoms with Gasteiger partial charge in [-0.1, -0.05) is 0 Å². The van der Waals surface area contributed by atoms with Gasteiger partial charge in [-0.2, -0.15) is 5.26 Å². The Morgan fingerprint density at radius 1 is 1.52 bits per heavy atom. The lowest BCUT2D eigenvalue weighted by molar-refractivity contribution is -0.122. The van der Waals surface area contributed by atoms with Crippen LogP contribution in [0.3, 0.4) is 0 Å². The van der Waals surface area contributed by atoms with Crippen LogP contribution in [-0.4, -0.2) is 26.7 Å². The van der Waals surface area contributed by atoms with E-state index in [9.17, 15) is 14.9 Å². The summed E-state index contributed by atoms with van der Waals surface area (Å²) in [6, 6.07) is 2.21. The molecule has 1 fully saturated rings. The van der Waals surface area contributed by atoms with Gasteiger partial charge in [-0.25, -0.2) is 4.98 Å². The predicted octanol–water partition coefficient (Wildman–Crippen LogP) is 2.79. The highest BCUT2D eigenvalue weighted by Crippen LogP contribution is 2.31. The molecule has 0 bridgehead atoms. The van der Waals surface area contributed by atoms with Gasteiger partial charge in [0.15, 0.2) is 0 Å². The molecule has 3 rings (SSSR count). The first-order valence-corrected chi connectivity index (χ1v) is 10.1. The third kappa shape index (κ3) is 3.44. The molecule has 25 heavy (non-hydrogen) atoms. The molecule has 0 aliphatic heterocycles. The summed E-state index contributed by atoms with van der Waals surface area (Å²) in [4.78, 5) is 33.7. The first-order chi connectivity index (χ1) is 11.8. The van der Waals surface area contributed by atoms with Crippen LogP contribution in [-0.2, 0) is 10.5 Å². The van der Waals surface area contributed by atoms with Crippen LogP contribution in [0.1, 0.15) is 42.5 Å². The summed E-state index contributed by atoms with van der Waals surface area (Å²) in [5.41, 5.74) is 0.170. The fraction of sp³-hybridized carbons (Fsp3) is 0.529. The molecule has 1 aliphatic carbocycles. The van der Waals surface area contributed by atoms with E-state index in [1.165, 1.54) is 23.1 Å².